The summed E-state index contributed by atoms with van der Waals surface area (Å²) in [6.07, 6.45) is 7.82. The van der Waals surface area contributed by atoms with E-state index in [2.05, 4.69) is 17.2 Å². The van der Waals surface area contributed by atoms with Gasteiger partial charge in [-0.05, 0) is 50.2 Å². The van der Waals surface area contributed by atoms with Gasteiger partial charge in [0, 0.05) is 61.7 Å². The molecule has 1 aromatic carbocycles. The summed E-state index contributed by atoms with van der Waals surface area (Å²) in [5.74, 6) is -0.406. The van der Waals surface area contributed by atoms with Crippen LogP contribution in [0.3, 0.4) is 0 Å². The molecule has 0 bridgehead atoms. The summed E-state index contributed by atoms with van der Waals surface area (Å²) in [5, 5.41) is 3.15. The van der Waals surface area contributed by atoms with Crippen molar-refractivity contribution in [3.05, 3.63) is 77.2 Å². The van der Waals surface area contributed by atoms with Crippen LogP contribution in [0.25, 0.3) is 16.8 Å². The highest BCUT2D eigenvalue weighted by Gasteiger charge is 2.17. The molecule has 2 aromatic heterocycles. The van der Waals surface area contributed by atoms with E-state index in [1.807, 2.05) is 68.0 Å². The molecule has 0 fully saturated rings. The maximum Gasteiger partial charge on any atom is 0.248 e. The molecule has 0 unspecified atom stereocenters. The summed E-state index contributed by atoms with van der Waals surface area (Å²) in [4.78, 5) is 18.6. The van der Waals surface area contributed by atoms with Gasteiger partial charge in [0.2, 0.25) is 5.91 Å². The Morgan fingerprint density at radius 2 is 2.06 bits per heavy atom. The number of nitrogens with two attached hydrogens (primary N) is 1. The zero-order valence-corrected chi connectivity index (χ0v) is 21.8. The number of carbonyl (C=O) groups excluding carboxylic acids is 1. The van der Waals surface area contributed by atoms with Gasteiger partial charge in [-0.1, -0.05) is 19.4 Å². The maximum atomic E-state index is 14.2. The molecule has 192 valence electrons. The summed E-state index contributed by atoms with van der Waals surface area (Å²) < 4.78 is 22.4. The lowest BCUT2D eigenvalue weighted by Gasteiger charge is -2.21. The maximum absolute atomic E-state index is 14.2. The zero-order valence-electron chi connectivity index (χ0n) is 21.8. The molecule has 3 rings (SSSR count). The predicted octanol–water partition coefficient (Wildman–Crippen LogP) is 4.68. The molecule has 7 nitrogen and oxygen atoms in total. The highest BCUT2D eigenvalue weighted by atomic mass is 19.1. The average molecular weight is 494 g/mol. The van der Waals surface area contributed by atoms with Crippen LogP contribution < -0.4 is 15.8 Å². The number of aromatic nitrogens is 2. The molecule has 0 spiro atoms. The fourth-order valence-electron chi connectivity index (χ4n) is 4.06. The van der Waals surface area contributed by atoms with Gasteiger partial charge in [0.1, 0.15) is 17.2 Å². The standard InChI is InChI=1S/C28H36FN5O2/c1-6-7-8-25(28(30)35)23(19(2)33(4)5)13-14-36-26-15-21(29)10-11-24(26)20-9-12-27-32-17-22(16-31-3)34(27)18-20/h8-12,15,17-18,31H,6-7,13-14,16H2,1-5H3,(H2,30,35)/b23-19-,25-8-. The third-order valence-corrected chi connectivity index (χ3v) is 6.14. The van der Waals surface area contributed by atoms with Crippen LogP contribution in [0, 0.1) is 5.82 Å². The molecule has 3 N–H and O–H groups in total. The number of ether oxygens (including phenoxy) is 1. The Balaban J connectivity index is 1.91. The van der Waals surface area contributed by atoms with E-state index in [1.165, 1.54) is 12.1 Å². The van der Waals surface area contributed by atoms with E-state index < -0.39 is 5.91 Å². The number of amides is 1. The van der Waals surface area contributed by atoms with E-state index in [1.54, 1.807) is 6.07 Å². The number of pyridine rings is 1. The minimum Gasteiger partial charge on any atom is -0.492 e. The van der Waals surface area contributed by atoms with Crippen molar-refractivity contribution in [1.82, 2.24) is 19.6 Å². The Morgan fingerprint density at radius 1 is 1.28 bits per heavy atom. The van der Waals surface area contributed by atoms with Crippen LogP contribution in [-0.2, 0) is 11.3 Å². The number of nitrogens with zero attached hydrogens (tertiary/aromatic N) is 3. The van der Waals surface area contributed by atoms with Gasteiger partial charge in [0.15, 0.2) is 0 Å². The van der Waals surface area contributed by atoms with Gasteiger partial charge in [-0.2, -0.15) is 0 Å². The summed E-state index contributed by atoms with van der Waals surface area (Å²) in [6.45, 7) is 4.93. The highest BCUT2D eigenvalue weighted by molar-refractivity contribution is 5.96. The number of rotatable bonds is 12. The second kappa shape index (κ2) is 12.4. The topological polar surface area (TPSA) is 84.9 Å². The Hall–Kier alpha value is -3.65. The quantitative estimate of drug-likeness (QED) is 0.283. The largest absolute Gasteiger partial charge is 0.492 e. The van der Waals surface area contributed by atoms with E-state index in [0.717, 1.165) is 46.6 Å². The van der Waals surface area contributed by atoms with Crippen molar-refractivity contribution < 1.29 is 13.9 Å². The van der Waals surface area contributed by atoms with Crippen LogP contribution in [0.4, 0.5) is 4.39 Å². The van der Waals surface area contributed by atoms with Crippen molar-refractivity contribution in [3.8, 4) is 16.9 Å². The smallest absolute Gasteiger partial charge is 0.248 e. The number of benzene rings is 1. The lowest BCUT2D eigenvalue weighted by atomic mass is 9.98. The molecule has 36 heavy (non-hydrogen) atoms. The van der Waals surface area contributed by atoms with Crippen LogP contribution in [-0.4, -0.2) is 47.9 Å². The van der Waals surface area contributed by atoms with E-state index in [0.29, 0.717) is 24.3 Å². The van der Waals surface area contributed by atoms with Crippen LogP contribution in [0.2, 0.25) is 0 Å². The van der Waals surface area contributed by atoms with E-state index >= 15 is 0 Å². The minimum atomic E-state index is -0.461. The third-order valence-electron chi connectivity index (χ3n) is 6.14. The summed E-state index contributed by atoms with van der Waals surface area (Å²) in [6, 6.07) is 8.42. The number of hydrogen-bond acceptors (Lipinski definition) is 5. The monoisotopic (exact) mass is 493 g/mol. The number of unbranched alkanes of at least 4 members (excludes halogenated alkanes) is 1. The second-order valence-electron chi connectivity index (χ2n) is 8.89. The molecule has 3 aromatic rings. The van der Waals surface area contributed by atoms with Crippen molar-refractivity contribution in [2.75, 3.05) is 27.7 Å². The highest BCUT2D eigenvalue weighted by Crippen LogP contribution is 2.32. The Labute approximate surface area is 212 Å². The van der Waals surface area contributed by atoms with Gasteiger partial charge in [-0.15, -0.1) is 0 Å². The SMILES string of the molecule is CCC/C=C(C(N)=O)/C(CCOc1cc(F)ccc1-c1ccc2ncc(CNC)n2c1)=C(/C)N(C)C. The van der Waals surface area contributed by atoms with E-state index in [4.69, 9.17) is 10.5 Å². The van der Waals surface area contributed by atoms with Crippen molar-refractivity contribution in [3.63, 3.8) is 0 Å². The first-order valence-corrected chi connectivity index (χ1v) is 12.2. The Morgan fingerprint density at radius 3 is 2.72 bits per heavy atom. The number of halogens is 1. The summed E-state index contributed by atoms with van der Waals surface area (Å²) in [5.41, 5.74) is 11.5. The lowest BCUT2D eigenvalue weighted by molar-refractivity contribution is -0.114. The van der Waals surface area contributed by atoms with E-state index in [9.17, 15) is 9.18 Å². The zero-order chi connectivity index (χ0) is 26.2. The number of imidazole rings is 1. The van der Waals surface area contributed by atoms with Crippen molar-refractivity contribution >= 4 is 11.6 Å². The summed E-state index contributed by atoms with van der Waals surface area (Å²) >= 11 is 0. The van der Waals surface area contributed by atoms with Crippen LogP contribution >= 0.6 is 0 Å². The van der Waals surface area contributed by atoms with Crippen LogP contribution in [0.5, 0.6) is 5.75 Å². The van der Waals surface area contributed by atoms with Gasteiger partial charge in [0.05, 0.1) is 18.5 Å². The average Bonchev–Trinajstić information content (AvgIpc) is 3.24. The normalized spacial score (nSPS) is 12.6. The molecule has 0 aliphatic rings. The number of nitrogens with one attached hydrogen (secondary N) is 1. The molecular formula is C28H36FN5O2. The van der Waals surface area contributed by atoms with E-state index in [-0.39, 0.29) is 12.4 Å². The molecule has 1 amide bonds. The van der Waals surface area contributed by atoms with Gasteiger partial charge < -0.3 is 25.1 Å². The van der Waals surface area contributed by atoms with Crippen LogP contribution in [0.1, 0.15) is 38.8 Å². The molecule has 2 heterocycles. The first kappa shape index (κ1) is 26.9. The van der Waals surface area contributed by atoms with Crippen LogP contribution in [0.15, 0.2) is 65.6 Å². The third kappa shape index (κ3) is 6.31. The molecule has 0 aliphatic carbocycles. The lowest BCUT2D eigenvalue weighted by Crippen LogP contribution is -2.21. The van der Waals surface area contributed by atoms with Crippen molar-refractivity contribution in [1.29, 1.82) is 0 Å². The van der Waals surface area contributed by atoms with Gasteiger partial charge in [-0.3, -0.25) is 4.79 Å². The Bertz CT molecular complexity index is 1280. The molecule has 0 atom stereocenters. The fraction of sp³-hybridized carbons (Fsp3) is 0.357. The number of primary amides is 1. The van der Waals surface area contributed by atoms with Gasteiger partial charge >= 0.3 is 0 Å². The van der Waals surface area contributed by atoms with Crippen molar-refractivity contribution in [2.45, 2.75) is 39.7 Å². The first-order chi connectivity index (χ1) is 17.3. The molecule has 0 aliphatic heterocycles. The number of hydrogen-bond donors (Lipinski definition) is 2. The number of allylic oxidation sites excluding steroid dienone is 2. The first-order valence-electron chi connectivity index (χ1n) is 12.2. The summed E-state index contributed by atoms with van der Waals surface area (Å²) in [7, 11) is 5.73. The minimum absolute atomic E-state index is 0.256. The fourth-order valence-corrected chi connectivity index (χ4v) is 4.06. The van der Waals surface area contributed by atoms with Crippen molar-refractivity contribution in [2.24, 2.45) is 5.73 Å². The molecule has 0 saturated heterocycles. The molecule has 0 saturated carbocycles. The molecular weight excluding hydrogens is 457 g/mol. The predicted molar refractivity (Wildman–Crippen MR) is 142 cm³/mol. The van der Waals surface area contributed by atoms with Gasteiger partial charge in [0.25, 0.3) is 0 Å². The number of carbonyl (C=O) groups is 1. The Kier molecular flexibility index (Phi) is 9.25. The second-order valence-corrected chi connectivity index (χ2v) is 8.89. The van der Waals surface area contributed by atoms with Gasteiger partial charge in [-0.25, -0.2) is 9.37 Å². The molecule has 8 heteroatoms. The molecule has 0 radical (unpaired) electrons. The number of fused-ring (bicyclic) bond motifs is 1.